The van der Waals surface area contributed by atoms with E-state index in [0.29, 0.717) is 11.1 Å². The largest absolute Gasteiger partial charge is 0.381 e. The third kappa shape index (κ3) is 4.95. The summed E-state index contributed by atoms with van der Waals surface area (Å²) in [6.45, 7) is 6.23. The number of hydrogen-bond acceptors (Lipinski definition) is 5. The highest BCUT2D eigenvalue weighted by molar-refractivity contribution is 8.16. The number of carbonyl (C=O) groups is 2. The first-order valence-electron chi connectivity index (χ1n) is 10.9. The predicted molar refractivity (Wildman–Crippen MR) is 121 cm³/mol. The Labute approximate surface area is 186 Å². The fourth-order valence-corrected chi connectivity index (χ4v) is 5.66. The van der Waals surface area contributed by atoms with Crippen LogP contribution in [0.3, 0.4) is 0 Å². The second-order valence-corrected chi connectivity index (χ2v) is 10.2. The molecule has 3 aliphatic heterocycles. The first-order chi connectivity index (χ1) is 14.8. The minimum atomic E-state index is -0.586. The van der Waals surface area contributed by atoms with Gasteiger partial charge in [-0.05, 0) is 63.1 Å². The molecule has 3 aliphatic rings. The molecule has 1 aromatic carbocycles. The quantitative estimate of drug-likeness (QED) is 0.729. The normalized spacial score (nSPS) is 25.1. The van der Waals surface area contributed by atoms with Crippen molar-refractivity contribution in [2.75, 3.05) is 19.6 Å². The molecule has 31 heavy (non-hydrogen) atoms. The van der Waals surface area contributed by atoms with Gasteiger partial charge >= 0.3 is 0 Å². The average Bonchev–Trinajstić information content (AvgIpc) is 3.37. The number of nitrogens with zero attached hydrogens (tertiary/aromatic N) is 2. The molecule has 0 saturated carbocycles. The summed E-state index contributed by atoms with van der Waals surface area (Å²) in [6.07, 6.45) is 5.43. The van der Waals surface area contributed by atoms with Gasteiger partial charge in [-0.25, -0.2) is 4.39 Å². The van der Waals surface area contributed by atoms with Crippen molar-refractivity contribution in [2.24, 2.45) is 10.9 Å². The van der Waals surface area contributed by atoms with E-state index in [2.05, 4.69) is 15.6 Å². The minimum Gasteiger partial charge on any atom is -0.381 e. The van der Waals surface area contributed by atoms with E-state index in [-0.39, 0.29) is 23.7 Å². The Balaban J connectivity index is 1.29. The summed E-state index contributed by atoms with van der Waals surface area (Å²) in [5.41, 5.74) is 1.67. The molecule has 0 aliphatic carbocycles. The lowest BCUT2D eigenvalue weighted by molar-refractivity contribution is -0.129. The maximum atomic E-state index is 13.2. The Hall–Kier alpha value is -2.35. The molecule has 1 aromatic rings. The van der Waals surface area contributed by atoms with Crippen molar-refractivity contribution in [3.05, 3.63) is 47.4 Å². The van der Waals surface area contributed by atoms with Crippen molar-refractivity contribution >= 4 is 28.7 Å². The lowest BCUT2D eigenvalue weighted by atomic mass is 9.87. The molecule has 1 fully saturated rings. The number of hydrogen-bond donors (Lipinski definition) is 2. The standard InChI is InChI=1S/C23H29FN4O2S/c1-15(17-5-7-18(24)8-6-17)26-22-27-21(30)23(2,31-22)14-16-9-12-28(13-10-16)20(29)19-4-3-11-25-19/h4-8,15-16,25H,3,9-14H2,1-2H3,(H,26,27,30)/t15-,23?/m0/s1. The molecule has 1 saturated heterocycles. The molecule has 6 nitrogen and oxygen atoms in total. The van der Waals surface area contributed by atoms with Crippen molar-refractivity contribution in [1.82, 2.24) is 15.5 Å². The van der Waals surface area contributed by atoms with Crippen LogP contribution in [0.1, 0.15) is 51.1 Å². The van der Waals surface area contributed by atoms with Crippen LogP contribution in [0.4, 0.5) is 4.39 Å². The van der Waals surface area contributed by atoms with Gasteiger partial charge < -0.3 is 15.5 Å². The zero-order valence-electron chi connectivity index (χ0n) is 18.0. The topological polar surface area (TPSA) is 73.8 Å². The molecule has 0 radical (unpaired) electrons. The van der Waals surface area contributed by atoms with E-state index in [4.69, 9.17) is 0 Å². The fourth-order valence-electron chi connectivity index (χ4n) is 4.42. The molecular formula is C23H29FN4O2S. The smallest absolute Gasteiger partial charge is 0.269 e. The number of halogens is 1. The maximum Gasteiger partial charge on any atom is 0.269 e. The van der Waals surface area contributed by atoms with Gasteiger partial charge in [0.05, 0.1) is 11.7 Å². The fraction of sp³-hybridized carbons (Fsp3) is 0.522. The number of amides is 2. The summed E-state index contributed by atoms with van der Waals surface area (Å²) in [5.74, 6) is 0.110. The number of nitrogens with one attached hydrogen (secondary N) is 2. The van der Waals surface area contributed by atoms with Crippen LogP contribution in [0, 0.1) is 11.7 Å². The van der Waals surface area contributed by atoms with Crippen LogP contribution < -0.4 is 10.6 Å². The molecule has 0 bridgehead atoms. The van der Waals surface area contributed by atoms with Crippen LogP contribution in [0.25, 0.3) is 0 Å². The van der Waals surface area contributed by atoms with Crippen LogP contribution >= 0.6 is 11.8 Å². The zero-order valence-corrected chi connectivity index (χ0v) is 18.8. The minimum absolute atomic E-state index is 0.0743. The molecule has 2 amide bonds. The zero-order chi connectivity index (χ0) is 22.0. The molecule has 2 N–H and O–H groups in total. The monoisotopic (exact) mass is 444 g/mol. The molecular weight excluding hydrogens is 415 g/mol. The molecule has 0 aromatic heterocycles. The van der Waals surface area contributed by atoms with Gasteiger partial charge in [0.2, 0.25) is 0 Å². The van der Waals surface area contributed by atoms with E-state index in [1.807, 2.05) is 24.8 Å². The van der Waals surface area contributed by atoms with Gasteiger partial charge in [0, 0.05) is 19.6 Å². The van der Waals surface area contributed by atoms with Crippen LogP contribution in [0.5, 0.6) is 0 Å². The lowest BCUT2D eigenvalue weighted by Gasteiger charge is -2.35. The summed E-state index contributed by atoms with van der Waals surface area (Å²) in [6, 6.07) is 6.27. The Morgan fingerprint density at radius 3 is 2.71 bits per heavy atom. The summed E-state index contributed by atoms with van der Waals surface area (Å²) in [4.78, 5) is 31.4. The highest BCUT2D eigenvalue weighted by Crippen LogP contribution is 2.41. The summed E-state index contributed by atoms with van der Waals surface area (Å²) in [5, 5.41) is 7.07. The third-order valence-electron chi connectivity index (χ3n) is 6.31. The van der Waals surface area contributed by atoms with Crippen molar-refractivity contribution in [1.29, 1.82) is 0 Å². The van der Waals surface area contributed by atoms with Crippen molar-refractivity contribution < 1.29 is 14.0 Å². The molecule has 166 valence electrons. The lowest BCUT2D eigenvalue weighted by Crippen LogP contribution is -2.42. The predicted octanol–water partition coefficient (Wildman–Crippen LogP) is 3.37. The van der Waals surface area contributed by atoms with Gasteiger partial charge in [-0.3, -0.25) is 9.59 Å². The van der Waals surface area contributed by atoms with E-state index < -0.39 is 4.75 Å². The van der Waals surface area contributed by atoms with Gasteiger partial charge in [0.1, 0.15) is 10.6 Å². The molecule has 8 heteroatoms. The van der Waals surface area contributed by atoms with Crippen LogP contribution in [-0.2, 0) is 9.59 Å². The van der Waals surface area contributed by atoms with Crippen molar-refractivity contribution in [2.45, 2.75) is 50.3 Å². The van der Waals surface area contributed by atoms with Gasteiger partial charge in [-0.2, -0.15) is 4.99 Å². The summed E-state index contributed by atoms with van der Waals surface area (Å²) >= 11 is 1.48. The van der Waals surface area contributed by atoms with E-state index in [9.17, 15) is 14.0 Å². The second kappa shape index (κ2) is 9.02. The molecule has 3 heterocycles. The second-order valence-electron chi connectivity index (χ2n) is 8.75. The highest BCUT2D eigenvalue weighted by atomic mass is 32.2. The number of thioether (sulfide) groups is 1. The van der Waals surface area contributed by atoms with E-state index in [1.54, 1.807) is 12.1 Å². The molecule has 4 rings (SSSR count). The Bertz CT molecular complexity index is 909. The molecule has 1 unspecified atom stereocenters. The molecule has 0 spiro atoms. The van der Waals surface area contributed by atoms with Crippen LogP contribution in [-0.4, -0.2) is 46.3 Å². The number of piperidine rings is 1. The third-order valence-corrected chi connectivity index (χ3v) is 7.50. The van der Waals surface area contributed by atoms with Crippen LogP contribution in [0.2, 0.25) is 0 Å². The maximum absolute atomic E-state index is 13.2. The van der Waals surface area contributed by atoms with Crippen molar-refractivity contribution in [3.63, 3.8) is 0 Å². The van der Waals surface area contributed by atoms with E-state index >= 15 is 0 Å². The number of rotatable bonds is 5. The number of carbonyl (C=O) groups excluding carboxylic acids is 2. The Kier molecular flexibility index (Phi) is 6.36. The number of likely N-dealkylation sites (tertiary alicyclic amines) is 1. The van der Waals surface area contributed by atoms with Gasteiger partial charge in [-0.1, -0.05) is 30.0 Å². The molecule has 2 atom stereocenters. The van der Waals surface area contributed by atoms with Gasteiger partial charge in [-0.15, -0.1) is 0 Å². The summed E-state index contributed by atoms with van der Waals surface area (Å²) < 4.78 is 12.6. The van der Waals surface area contributed by atoms with Gasteiger partial charge in [0.25, 0.3) is 11.8 Å². The number of amidine groups is 1. The Morgan fingerprint density at radius 1 is 1.35 bits per heavy atom. The Morgan fingerprint density at radius 2 is 2.06 bits per heavy atom. The van der Waals surface area contributed by atoms with E-state index in [1.165, 1.54) is 23.9 Å². The number of aliphatic imine (C=N–C) groups is 1. The first-order valence-corrected chi connectivity index (χ1v) is 11.7. The van der Waals surface area contributed by atoms with Crippen LogP contribution in [0.15, 0.2) is 41.0 Å². The first kappa shape index (κ1) is 21.9. The number of benzene rings is 1. The van der Waals surface area contributed by atoms with Crippen molar-refractivity contribution in [3.8, 4) is 0 Å². The highest BCUT2D eigenvalue weighted by Gasteiger charge is 2.43. The van der Waals surface area contributed by atoms with E-state index in [0.717, 1.165) is 56.6 Å². The SMILES string of the molecule is C[C@H](NC1=NC(=O)C(C)(CC2CCN(C(=O)C3=CCCN3)CC2)S1)c1ccc(F)cc1. The van der Waals surface area contributed by atoms with Gasteiger partial charge in [0.15, 0.2) is 5.17 Å². The summed E-state index contributed by atoms with van der Waals surface area (Å²) in [7, 11) is 0. The average molecular weight is 445 g/mol.